The molecule has 1 aromatic heterocycles. The van der Waals surface area contributed by atoms with Crippen LogP contribution in [0, 0.1) is 0 Å². The zero-order chi connectivity index (χ0) is 22.9. The molecule has 2 heterocycles. The lowest BCUT2D eigenvalue weighted by Crippen LogP contribution is -2.45. The van der Waals surface area contributed by atoms with Crippen molar-refractivity contribution in [3.8, 4) is 5.69 Å². The molecule has 3 aromatic carbocycles. The number of likely N-dealkylation sites (N-methyl/N-ethyl adjacent to an activating group) is 1. The molecule has 0 amide bonds. The summed E-state index contributed by atoms with van der Waals surface area (Å²) in [5.41, 5.74) is 2.21. The second kappa shape index (κ2) is 8.98. The van der Waals surface area contributed by atoms with Gasteiger partial charge in [0, 0.05) is 30.7 Å². The number of fused-ring (bicyclic) bond motifs is 1. The minimum atomic E-state index is -0.383. The molecule has 0 saturated carbocycles. The number of nitrogens with one attached hydrogen (secondary N) is 1. The maximum atomic E-state index is 13.9. The molecule has 5 rings (SSSR count). The molecular formula is C26H25ClN4O2. The van der Waals surface area contributed by atoms with E-state index in [2.05, 4.69) is 10.2 Å². The standard InChI is InChI=1S/C26H25ClN4O2/c1-29-13-12-28-16-23(29)21-14-19(27)15-22-24(21)25(32)31(20-10-6-3-7-11-20)26(33)30(22)17-18-8-4-2-5-9-18/h2-11,14-15,23,28H,12-13,16-17H2,1H3. The van der Waals surface area contributed by atoms with Crippen LogP contribution in [0.1, 0.15) is 17.2 Å². The van der Waals surface area contributed by atoms with Crippen LogP contribution in [-0.2, 0) is 6.54 Å². The fraction of sp³-hybridized carbons (Fsp3) is 0.231. The van der Waals surface area contributed by atoms with Crippen LogP contribution in [0.2, 0.25) is 5.02 Å². The number of nitrogens with zero attached hydrogens (tertiary/aromatic N) is 3. The quantitative estimate of drug-likeness (QED) is 0.507. The van der Waals surface area contributed by atoms with Gasteiger partial charge in [-0.2, -0.15) is 0 Å². The van der Waals surface area contributed by atoms with Gasteiger partial charge in [0.1, 0.15) is 0 Å². The SMILES string of the molecule is CN1CCNCC1c1cc(Cl)cc2c1c(=O)n(-c1ccccc1)c(=O)n2Cc1ccccc1. The zero-order valence-electron chi connectivity index (χ0n) is 18.4. The van der Waals surface area contributed by atoms with E-state index in [9.17, 15) is 9.59 Å². The summed E-state index contributed by atoms with van der Waals surface area (Å²) in [6, 6.07) is 22.4. The van der Waals surface area contributed by atoms with Crippen molar-refractivity contribution < 1.29 is 0 Å². The number of benzene rings is 3. The minimum Gasteiger partial charge on any atom is -0.314 e. The predicted molar refractivity (Wildman–Crippen MR) is 133 cm³/mol. The van der Waals surface area contributed by atoms with Crippen LogP contribution in [0.25, 0.3) is 16.6 Å². The smallest absolute Gasteiger partial charge is 0.314 e. The molecule has 1 aliphatic rings. The number of aromatic nitrogens is 2. The first-order valence-corrected chi connectivity index (χ1v) is 11.4. The number of hydrogen-bond donors (Lipinski definition) is 1. The van der Waals surface area contributed by atoms with E-state index in [1.54, 1.807) is 22.8 Å². The fourth-order valence-corrected chi connectivity index (χ4v) is 4.84. The predicted octanol–water partition coefficient (Wildman–Crippen LogP) is 3.43. The van der Waals surface area contributed by atoms with Crippen molar-refractivity contribution in [1.82, 2.24) is 19.4 Å². The van der Waals surface area contributed by atoms with Gasteiger partial charge in [-0.3, -0.25) is 14.3 Å². The first kappa shape index (κ1) is 21.6. The Morgan fingerprint density at radius 2 is 1.70 bits per heavy atom. The molecule has 0 bridgehead atoms. The Labute approximate surface area is 196 Å². The van der Waals surface area contributed by atoms with E-state index in [0.717, 1.165) is 24.2 Å². The lowest BCUT2D eigenvalue weighted by atomic mass is 9.99. The molecule has 1 unspecified atom stereocenters. The van der Waals surface area contributed by atoms with Gasteiger partial charge in [-0.25, -0.2) is 9.36 Å². The molecule has 6 nitrogen and oxygen atoms in total. The number of hydrogen-bond acceptors (Lipinski definition) is 4. The second-order valence-electron chi connectivity index (χ2n) is 8.42. The van der Waals surface area contributed by atoms with Crippen molar-refractivity contribution >= 4 is 22.5 Å². The highest BCUT2D eigenvalue weighted by Gasteiger charge is 2.26. The van der Waals surface area contributed by atoms with Gasteiger partial charge in [0.2, 0.25) is 0 Å². The van der Waals surface area contributed by atoms with E-state index in [0.29, 0.717) is 34.7 Å². The molecule has 33 heavy (non-hydrogen) atoms. The van der Waals surface area contributed by atoms with Crippen molar-refractivity contribution in [3.63, 3.8) is 0 Å². The van der Waals surface area contributed by atoms with Gasteiger partial charge in [-0.15, -0.1) is 0 Å². The molecule has 0 spiro atoms. The summed E-state index contributed by atoms with van der Waals surface area (Å²) in [6.07, 6.45) is 0. The lowest BCUT2D eigenvalue weighted by Gasteiger charge is -2.34. The maximum absolute atomic E-state index is 13.9. The molecule has 7 heteroatoms. The summed E-state index contributed by atoms with van der Waals surface area (Å²) in [6.45, 7) is 2.78. The Morgan fingerprint density at radius 3 is 2.39 bits per heavy atom. The minimum absolute atomic E-state index is 0.0282. The average Bonchev–Trinajstić information content (AvgIpc) is 2.83. The van der Waals surface area contributed by atoms with Crippen LogP contribution in [0.15, 0.2) is 82.4 Å². The largest absolute Gasteiger partial charge is 0.336 e. The van der Waals surface area contributed by atoms with E-state index in [-0.39, 0.29) is 17.3 Å². The summed E-state index contributed by atoms with van der Waals surface area (Å²) in [4.78, 5) is 29.9. The van der Waals surface area contributed by atoms with Gasteiger partial charge in [0.05, 0.1) is 23.1 Å². The zero-order valence-corrected chi connectivity index (χ0v) is 19.1. The summed E-state index contributed by atoms with van der Waals surface area (Å²) in [5, 5.41) is 4.45. The third-order valence-corrected chi connectivity index (χ3v) is 6.53. The molecule has 1 atom stereocenters. The summed E-state index contributed by atoms with van der Waals surface area (Å²) >= 11 is 6.56. The molecule has 168 valence electrons. The number of halogens is 1. The molecule has 1 saturated heterocycles. The number of rotatable bonds is 4. The third-order valence-electron chi connectivity index (χ3n) is 6.31. The van der Waals surface area contributed by atoms with E-state index < -0.39 is 0 Å². The Kier molecular flexibility index (Phi) is 5.89. The van der Waals surface area contributed by atoms with Gasteiger partial charge < -0.3 is 5.32 Å². The summed E-state index contributed by atoms with van der Waals surface area (Å²) < 4.78 is 2.93. The molecule has 0 aliphatic carbocycles. The van der Waals surface area contributed by atoms with Crippen molar-refractivity contribution in [2.24, 2.45) is 0 Å². The van der Waals surface area contributed by atoms with Gasteiger partial charge in [-0.1, -0.05) is 60.1 Å². The second-order valence-corrected chi connectivity index (χ2v) is 8.86. The van der Waals surface area contributed by atoms with Crippen molar-refractivity contribution in [1.29, 1.82) is 0 Å². The normalized spacial score (nSPS) is 16.8. The number of piperazine rings is 1. The molecule has 1 N–H and O–H groups in total. The van der Waals surface area contributed by atoms with Crippen molar-refractivity contribution in [3.05, 3.63) is 110 Å². The van der Waals surface area contributed by atoms with Crippen LogP contribution in [0.3, 0.4) is 0 Å². The molecule has 1 aliphatic heterocycles. The third kappa shape index (κ3) is 4.02. The van der Waals surface area contributed by atoms with Crippen LogP contribution < -0.4 is 16.6 Å². The lowest BCUT2D eigenvalue weighted by molar-refractivity contribution is 0.203. The van der Waals surface area contributed by atoms with Gasteiger partial charge in [0.15, 0.2) is 0 Å². The monoisotopic (exact) mass is 460 g/mol. The average molecular weight is 461 g/mol. The first-order valence-electron chi connectivity index (χ1n) is 11.0. The van der Waals surface area contributed by atoms with Crippen LogP contribution in [0.4, 0.5) is 0 Å². The van der Waals surface area contributed by atoms with E-state index in [4.69, 9.17) is 11.6 Å². The fourth-order valence-electron chi connectivity index (χ4n) is 4.62. The van der Waals surface area contributed by atoms with Crippen LogP contribution >= 0.6 is 11.6 Å². The molecule has 4 aromatic rings. The Balaban J connectivity index is 1.86. The highest BCUT2D eigenvalue weighted by atomic mass is 35.5. The summed E-state index contributed by atoms with van der Waals surface area (Å²) in [7, 11) is 2.05. The van der Waals surface area contributed by atoms with Crippen LogP contribution in [0.5, 0.6) is 0 Å². The molecule has 1 fully saturated rings. The van der Waals surface area contributed by atoms with Crippen molar-refractivity contribution in [2.75, 3.05) is 26.7 Å². The van der Waals surface area contributed by atoms with Crippen molar-refractivity contribution in [2.45, 2.75) is 12.6 Å². The summed E-state index contributed by atoms with van der Waals surface area (Å²) in [5.74, 6) is 0. The van der Waals surface area contributed by atoms with Crippen LogP contribution in [-0.4, -0.2) is 40.7 Å². The number of para-hydroxylation sites is 1. The Morgan fingerprint density at radius 1 is 1.00 bits per heavy atom. The van der Waals surface area contributed by atoms with E-state index in [1.807, 2.05) is 61.6 Å². The highest BCUT2D eigenvalue weighted by Crippen LogP contribution is 2.30. The first-order chi connectivity index (χ1) is 16.0. The molecular weight excluding hydrogens is 436 g/mol. The van der Waals surface area contributed by atoms with Gasteiger partial charge in [-0.05, 0) is 42.4 Å². The maximum Gasteiger partial charge on any atom is 0.336 e. The van der Waals surface area contributed by atoms with E-state index >= 15 is 0 Å². The topological polar surface area (TPSA) is 59.3 Å². The highest BCUT2D eigenvalue weighted by molar-refractivity contribution is 6.31. The Hall–Kier alpha value is -3.19. The Bertz CT molecular complexity index is 1410. The van der Waals surface area contributed by atoms with E-state index in [1.165, 1.54) is 4.57 Å². The van der Waals surface area contributed by atoms with Gasteiger partial charge >= 0.3 is 5.69 Å². The molecule has 0 radical (unpaired) electrons. The van der Waals surface area contributed by atoms with Gasteiger partial charge in [0.25, 0.3) is 5.56 Å².